The third-order valence-electron chi connectivity index (χ3n) is 6.33. The second-order valence-corrected chi connectivity index (χ2v) is 10.2. The lowest BCUT2D eigenvalue weighted by molar-refractivity contribution is 0.0642. The largest absolute Gasteiger partial charge is 0.327 e. The van der Waals surface area contributed by atoms with E-state index in [2.05, 4.69) is 15.9 Å². The van der Waals surface area contributed by atoms with Gasteiger partial charge in [0.2, 0.25) is 0 Å². The molecule has 0 bridgehead atoms. The zero-order chi connectivity index (χ0) is 26.5. The van der Waals surface area contributed by atoms with Gasteiger partial charge in [-0.1, -0.05) is 53.2 Å². The zero-order valence-electron chi connectivity index (χ0n) is 21.2. The van der Waals surface area contributed by atoms with E-state index in [1.165, 1.54) is 18.2 Å². The van der Waals surface area contributed by atoms with Gasteiger partial charge in [0.25, 0.3) is 11.5 Å². The van der Waals surface area contributed by atoms with E-state index in [1.54, 1.807) is 21.6 Å². The highest BCUT2D eigenvalue weighted by Crippen LogP contribution is 2.27. The van der Waals surface area contributed by atoms with Gasteiger partial charge in [-0.25, -0.2) is 9.37 Å². The van der Waals surface area contributed by atoms with Crippen molar-refractivity contribution in [1.29, 1.82) is 0 Å². The van der Waals surface area contributed by atoms with Crippen molar-refractivity contribution in [3.05, 3.63) is 110 Å². The van der Waals surface area contributed by atoms with Crippen LogP contribution in [0.15, 0.2) is 82.1 Å². The molecule has 0 spiro atoms. The minimum absolute atomic E-state index is 0.152. The van der Waals surface area contributed by atoms with Crippen molar-refractivity contribution in [2.24, 2.45) is 0 Å². The number of nitrogens with zero attached hydrogens (tertiary/aromatic N) is 4. The molecular weight excluding hydrogens is 535 g/mol. The van der Waals surface area contributed by atoms with E-state index in [0.717, 1.165) is 10.0 Å². The Morgan fingerprint density at radius 3 is 2.38 bits per heavy atom. The van der Waals surface area contributed by atoms with Crippen molar-refractivity contribution in [2.45, 2.75) is 25.9 Å². The van der Waals surface area contributed by atoms with E-state index >= 15 is 0 Å². The number of likely N-dealkylation sites (N-methyl/N-ethyl adjacent to an activating group) is 1. The highest BCUT2D eigenvalue weighted by atomic mass is 79.9. The van der Waals surface area contributed by atoms with Gasteiger partial charge >= 0.3 is 0 Å². The molecule has 0 radical (unpaired) electrons. The van der Waals surface area contributed by atoms with Crippen molar-refractivity contribution in [3.63, 3.8) is 0 Å². The SMILES string of the molecule is CCC(c1nc2cc(F)ccc2c(=O)n1Cc1ccccc1)N(CCN(C)C)C(=O)c1ccc(Br)cc1. The van der Waals surface area contributed by atoms with Gasteiger partial charge in [-0.05, 0) is 62.5 Å². The molecule has 1 atom stereocenters. The molecule has 1 unspecified atom stereocenters. The number of hydrogen-bond acceptors (Lipinski definition) is 4. The Labute approximate surface area is 224 Å². The van der Waals surface area contributed by atoms with Crippen LogP contribution in [0.5, 0.6) is 0 Å². The molecule has 0 aliphatic rings. The van der Waals surface area contributed by atoms with Crippen LogP contribution >= 0.6 is 15.9 Å². The third kappa shape index (κ3) is 6.14. The van der Waals surface area contributed by atoms with Crippen LogP contribution in [0.4, 0.5) is 4.39 Å². The van der Waals surface area contributed by atoms with Crippen molar-refractivity contribution in [1.82, 2.24) is 19.4 Å². The summed E-state index contributed by atoms with van der Waals surface area (Å²) in [5.41, 5.74) is 1.50. The van der Waals surface area contributed by atoms with Crippen LogP contribution in [0.3, 0.4) is 0 Å². The first-order valence-electron chi connectivity index (χ1n) is 12.2. The number of amides is 1. The van der Waals surface area contributed by atoms with Crippen LogP contribution in [0.1, 0.15) is 41.1 Å². The van der Waals surface area contributed by atoms with Crippen LogP contribution < -0.4 is 5.56 Å². The Morgan fingerprint density at radius 1 is 1.03 bits per heavy atom. The monoisotopic (exact) mass is 564 g/mol. The molecule has 8 heteroatoms. The Morgan fingerprint density at radius 2 is 1.73 bits per heavy atom. The summed E-state index contributed by atoms with van der Waals surface area (Å²) >= 11 is 3.43. The van der Waals surface area contributed by atoms with Crippen LogP contribution in [0.2, 0.25) is 0 Å². The Hall–Kier alpha value is -3.36. The van der Waals surface area contributed by atoms with Crippen LogP contribution in [-0.2, 0) is 6.54 Å². The van der Waals surface area contributed by atoms with Crippen LogP contribution in [0, 0.1) is 5.82 Å². The molecule has 0 saturated heterocycles. The number of fused-ring (bicyclic) bond motifs is 1. The van der Waals surface area contributed by atoms with Gasteiger partial charge in [-0.3, -0.25) is 14.2 Å². The lowest BCUT2D eigenvalue weighted by Crippen LogP contribution is -2.42. The van der Waals surface area contributed by atoms with Gasteiger partial charge in [-0.2, -0.15) is 0 Å². The first-order valence-corrected chi connectivity index (χ1v) is 13.0. The predicted molar refractivity (Wildman–Crippen MR) is 148 cm³/mol. The summed E-state index contributed by atoms with van der Waals surface area (Å²) in [5.74, 6) is -0.172. The fourth-order valence-electron chi connectivity index (χ4n) is 4.39. The molecule has 37 heavy (non-hydrogen) atoms. The molecule has 1 aromatic heterocycles. The number of carbonyl (C=O) groups excluding carboxylic acids is 1. The Bertz CT molecular complexity index is 1440. The fraction of sp³-hybridized carbons (Fsp3) is 0.276. The lowest BCUT2D eigenvalue weighted by Gasteiger charge is -2.33. The second kappa shape index (κ2) is 11.8. The smallest absolute Gasteiger partial charge is 0.261 e. The van der Waals surface area contributed by atoms with Gasteiger partial charge in [-0.15, -0.1) is 0 Å². The standard InChI is InChI=1S/C29H30BrFN4O2/c1-4-26(34(17-16-33(2)3)28(36)21-10-12-22(30)13-11-21)27-32-25-18-23(31)14-15-24(25)29(37)35(27)19-20-8-6-5-7-9-20/h5-15,18,26H,4,16-17,19H2,1-3H3. The van der Waals surface area contributed by atoms with E-state index in [1.807, 2.05) is 68.4 Å². The van der Waals surface area contributed by atoms with Crippen LogP contribution in [0.25, 0.3) is 10.9 Å². The zero-order valence-corrected chi connectivity index (χ0v) is 22.8. The molecule has 192 valence electrons. The lowest BCUT2D eigenvalue weighted by atomic mass is 10.1. The molecular formula is C29H30BrFN4O2. The van der Waals surface area contributed by atoms with E-state index < -0.39 is 11.9 Å². The quantitative estimate of drug-likeness (QED) is 0.269. The molecule has 6 nitrogen and oxygen atoms in total. The molecule has 1 amide bonds. The maximum absolute atomic E-state index is 14.2. The number of hydrogen-bond donors (Lipinski definition) is 0. The number of halogens is 2. The number of benzene rings is 3. The van der Waals surface area contributed by atoms with Gasteiger partial charge in [0.05, 0.1) is 23.5 Å². The highest BCUT2D eigenvalue weighted by molar-refractivity contribution is 9.10. The van der Waals surface area contributed by atoms with Crippen molar-refractivity contribution >= 4 is 32.7 Å². The molecule has 0 N–H and O–H groups in total. The molecule has 1 heterocycles. The van der Waals surface area contributed by atoms with Gasteiger partial charge in [0, 0.05) is 29.2 Å². The molecule has 4 aromatic rings. The van der Waals surface area contributed by atoms with E-state index in [0.29, 0.717) is 42.8 Å². The van der Waals surface area contributed by atoms with Crippen molar-refractivity contribution in [2.75, 3.05) is 27.2 Å². The van der Waals surface area contributed by atoms with Gasteiger partial charge < -0.3 is 9.80 Å². The number of carbonyl (C=O) groups is 1. The molecule has 4 rings (SSSR count). The predicted octanol–water partition coefficient (Wildman–Crippen LogP) is 5.50. The van der Waals surface area contributed by atoms with E-state index in [9.17, 15) is 14.0 Å². The minimum Gasteiger partial charge on any atom is -0.327 e. The number of rotatable bonds is 9. The summed E-state index contributed by atoms with van der Waals surface area (Å²) in [4.78, 5) is 36.2. The Balaban J connectivity index is 1.89. The maximum Gasteiger partial charge on any atom is 0.261 e. The van der Waals surface area contributed by atoms with E-state index in [4.69, 9.17) is 4.98 Å². The second-order valence-electron chi connectivity index (χ2n) is 9.24. The third-order valence-corrected chi connectivity index (χ3v) is 6.86. The summed E-state index contributed by atoms with van der Waals surface area (Å²) in [6, 6.07) is 20.4. The summed E-state index contributed by atoms with van der Waals surface area (Å²) in [6.45, 7) is 3.32. The number of aromatic nitrogens is 2. The van der Waals surface area contributed by atoms with Crippen LogP contribution in [-0.4, -0.2) is 52.4 Å². The molecule has 0 fully saturated rings. The molecule has 0 aliphatic heterocycles. The van der Waals surface area contributed by atoms with E-state index in [-0.39, 0.29) is 17.0 Å². The molecule has 3 aromatic carbocycles. The minimum atomic E-state index is -0.500. The summed E-state index contributed by atoms with van der Waals surface area (Å²) < 4.78 is 16.7. The Kier molecular flexibility index (Phi) is 8.51. The summed E-state index contributed by atoms with van der Waals surface area (Å²) in [7, 11) is 3.90. The summed E-state index contributed by atoms with van der Waals surface area (Å²) in [5, 5.41) is 0.343. The fourth-order valence-corrected chi connectivity index (χ4v) is 4.66. The van der Waals surface area contributed by atoms with Gasteiger partial charge in [0.1, 0.15) is 11.6 Å². The van der Waals surface area contributed by atoms with Crippen molar-refractivity contribution in [3.8, 4) is 0 Å². The molecule has 0 aliphatic carbocycles. The first kappa shape index (κ1) is 26.7. The average molecular weight is 565 g/mol. The normalized spacial score (nSPS) is 12.2. The first-order chi connectivity index (χ1) is 17.8. The highest BCUT2D eigenvalue weighted by Gasteiger charge is 2.29. The topological polar surface area (TPSA) is 58.4 Å². The maximum atomic E-state index is 14.2. The van der Waals surface area contributed by atoms with Crippen molar-refractivity contribution < 1.29 is 9.18 Å². The van der Waals surface area contributed by atoms with Gasteiger partial charge in [0.15, 0.2) is 0 Å². The summed E-state index contributed by atoms with van der Waals surface area (Å²) in [6.07, 6.45) is 0.526. The molecule has 0 saturated carbocycles. The average Bonchev–Trinajstić information content (AvgIpc) is 2.88.